The van der Waals surface area contributed by atoms with Crippen molar-refractivity contribution in [1.29, 1.82) is 5.26 Å². The number of nitrogens with zero attached hydrogens (tertiary/aromatic N) is 4. The van der Waals surface area contributed by atoms with Gasteiger partial charge in [0, 0.05) is 19.7 Å². The summed E-state index contributed by atoms with van der Waals surface area (Å²) in [5.74, 6) is 0. The third kappa shape index (κ3) is 3.88. The highest BCUT2D eigenvalue weighted by Crippen LogP contribution is 2.09. The minimum atomic E-state index is -0.488. The van der Waals surface area contributed by atoms with E-state index in [1.807, 2.05) is 30.3 Å². The molecule has 104 valence electrons. The molecule has 1 atom stereocenters. The van der Waals surface area contributed by atoms with E-state index in [1.54, 1.807) is 10.9 Å². The Morgan fingerprint density at radius 2 is 2.15 bits per heavy atom. The fourth-order valence-corrected chi connectivity index (χ4v) is 1.82. The fourth-order valence-electron chi connectivity index (χ4n) is 1.82. The molecule has 6 heteroatoms. The molecule has 0 radical (unpaired) electrons. The van der Waals surface area contributed by atoms with Gasteiger partial charge in [-0.05, 0) is 12.0 Å². The van der Waals surface area contributed by atoms with Gasteiger partial charge in [0.05, 0.1) is 12.3 Å². The molecule has 0 aliphatic carbocycles. The van der Waals surface area contributed by atoms with Crippen LogP contribution in [0.2, 0.25) is 0 Å². The molecule has 0 aliphatic rings. The second kappa shape index (κ2) is 7.38. The first-order valence-electron chi connectivity index (χ1n) is 6.51. The van der Waals surface area contributed by atoms with Crippen LogP contribution in [-0.2, 0) is 13.1 Å². The zero-order valence-corrected chi connectivity index (χ0v) is 11.1. The Labute approximate surface area is 117 Å². The Hall–Kier alpha value is -2.23. The highest BCUT2D eigenvalue weighted by atomic mass is 16.3. The minimum absolute atomic E-state index is 0.114. The molecule has 2 N–H and O–H groups in total. The van der Waals surface area contributed by atoms with E-state index < -0.39 is 6.04 Å². The van der Waals surface area contributed by atoms with E-state index in [0.717, 1.165) is 5.56 Å². The van der Waals surface area contributed by atoms with Crippen LogP contribution in [0.25, 0.3) is 0 Å². The molecule has 1 unspecified atom stereocenters. The molecule has 2 rings (SSSR count). The molecule has 0 amide bonds. The van der Waals surface area contributed by atoms with Crippen LogP contribution in [0.4, 0.5) is 0 Å². The van der Waals surface area contributed by atoms with Crippen LogP contribution in [0.15, 0.2) is 36.5 Å². The number of rotatable bonds is 7. The van der Waals surface area contributed by atoms with Gasteiger partial charge in [0.15, 0.2) is 0 Å². The van der Waals surface area contributed by atoms with E-state index in [4.69, 9.17) is 5.11 Å². The smallest absolute Gasteiger partial charge is 0.142 e. The van der Waals surface area contributed by atoms with Gasteiger partial charge < -0.3 is 5.11 Å². The van der Waals surface area contributed by atoms with Crippen LogP contribution in [0.5, 0.6) is 0 Å². The van der Waals surface area contributed by atoms with Gasteiger partial charge in [-0.3, -0.25) is 10.00 Å². The van der Waals surface area contributed by atoms with Crippen molar-refractivity contribution < 1.29 is 5.11 Å². The molecule has 0 aliphatic heterocycles. The number of nitriles is 1. The Morgan fingerprint density at radius 3 is 2.85 bits per heavy atom. The number of aromatic nitrogens is 3. The molecule has 2 aromatic rings. The van der Waals surface area contributed by atoms with E-state index in [2.05, 4.69) is 21.7 Å². The van der Waals surface area contributed by atoms with Gasteiger partial charge in [0.25, 0.3) is 0 Å². The lowest BCUT2D eigenvalue weighted by atomic mass is 10.2. The van der Waals surface area contributed by atoms with Crippen molar-refractivity contribution in [2.75, 3.05) is 6.61 Å². The first-order chi connectivity index (χ1) is 9.83. The van der Waals surface area contributed by atoms with Crippen molar-refractivity contribution in [3.63, 3.8) is 0 Å². The minimum Gasteiger partial charge on any atom is -0.396 e. The quantitative estimate of drug-likeness (QED) is 0.785. The van der Waals surface area contributed by atoms with Crippen LogP contribution in [0.1, 0.15) is 23.7 Å². The fraction of sp³-hybridized carbons (Fsp3) is 0.357. The van der Waals surface area contributed by atoms with Crippen molar-refractivity contribution in [1.82, 2.24) is 20.3 Å². The van der Waals surface area contributed by atoms with E-state index in [-0.39, 0.29) is 6.61 Å². The van der Waals surface area contributed by atoms with Crippen molar-refractivity contribution in [2.45, 2.75) is 25.6 Å². The summed E-state index contributed by atoms with van der Waals surface area (Å²) in [6.45, 7) is 1.31. The second-order valence-corrected chi connectivity index (χ2v) is 4.41. The summed E-state index contributed by atoms with van der Waals surface area (Å²) in [4.78, 5) is 0. The first-order valence-corrected chi connectivity index (χ1v) is 6.51. The molecule has 0 fully saturated rings. The predicted octanol–water partition coefficient (Wildman–Crippen LogP) is 1.01. The average molecular weight is 271 g/mol. The normalized spacial score (nSPS) is 12.0. The lowest BCUT2D eigenvalue weighted by Crippen LogP contribution is -2.19. The van der Waals surface area contributed by atoms with Crippen molar-refractivity contribution >= 4 is 0 Å². The maximum atomic E-state index is 9.21. The maximum absolute atomic E-state index is 9.21. The largest absolute Gasteiger partial charge is 0.396 e. The Bertz CT molecular complexity index is 560. The average Bonchev–Trinajstić information content (AvgIpc) is 2.96. The van der Waals surface area contributed by atoms with Crippen LogP contribution in [0, 0.1) is 11.3 Å². The lowest BCUT2D eigenvalue weighted by molar-refractivity contribution is 0.276. The summed E-state index contributed by atoms with van der Waals surface area (Å²) < 4.78 is 1.64. The van der Waals surface area contributed by atoms with Crippen molar-refractivity contribution in [3.05, 3.63) is 47.8 Å². The number of nitrogens with one attached hydrogen (secondary N) is 1. The van der Waals surface area contributed by atoms with Gasteiger partial charge in [0.2, 0.25) is 0 Å². The van der Waals surface area contributed by atoms with E-state index in [1.165, 1.54) is 0 Å². The van der Waals surface area contributed by atoms with Crippen LogP contribution in [-0.4, -0.2) is 26.7 Å². The SMILES string of the molecule is N#CC(NCc1ccccc1)c1cn(CCCO)nn1. The van der Waals surface area contributed by atoms with Crippen molar-refractivity contribution in [3.8, 4) is 6.07 Å². The number of aliphatic hydroxyl groups excluding tert-OH is 1. The Balaban J connectivity index is 1.94. The molecule has 1 heterocycles. The van der Waals surface area contributed by atoms with Gasteiger partial charge in [-0.25, -0.2) is 0 Å². The predicted molar refractivity (Wildman–Crippen MR) is 73.4 cm³/mol. The molecular formula is C14H17N5O. The van der Waals surface area contributed by atoms with Gasteiger partial charge in [-0.1, -0.05) is 35.5 Å². The Morgan fingerprint density at radius 1 is 1.35 bits per heavy atom. The Kier molecular flexibility index (Phi) is 5.24. The third-order valence-electron chi connectivity index (χ3n) is 2.88. The second-order valence-electron chi connectivity index (χ2n) is 4.41. The van der Waals surface area contributed by atoms with Gasteiger partial charge in [-0.15, -0.1) is 5.10 Å². The van der Waals surface area contributed by atoms with Crippen LogP contribution in [0.3, 0.4) is 0 Å². The summed E-state index contributed by atoms with van der Waals surface area (Å²) in [6, 6.07) is 11.6. The van der Waals surface area contributed by atoms with Gasteiger partial charge in [-0.2, -0.15) is 5.26 Å². The summed E-state index contributed by atoms with van der Waals surface area (Å²) >= 11 is 0. The molecule has 1 aromatic heterocycles. The van der Waals surface area contributed by atoms with E-state index >= 15 is 0 Å². The number of benzene rings is 1. The number of aliphatic hydroxyl groups is 1. The lowest BCUT2D eigenvalue weighted by Gasteiger charge is -2.08. The zero-order valence-electron chi connectivity index (χ0n) is 11.1. The molecule has 0 bridgehead atoms. The highest BCUT2D eigenvalue weighted by Gasteiger charge is 2.14. The van der Waals surface area contributed by atoms with Crippen LogP contribution < -0.4 is 5.32 Å². The van der Waals surface area contributed by atoms with Crippen LogP contribution >= 0.6 is 0 Å². The summed E-state index contributed by atoms with van der Waals surface area (Å²) in [5, 5.41) is 29.1. The van der Waals surface area contributed by atoms with Gasteiger partial charge >= 0.3 is 0 Å². The summed E-state index contributed by atoms with van der Waals surface area (Å²) in [5.41, 5.74) is 1.71. The topological polar surface area (TPSA) is 86.8 Å². The monoisotopic (exact) mass is 271 g/mol. The van der Waals surface area contributed by atoms with E-state index in [9.17, 15) is 5.26 Å². The number of hydrogen-bond donors (Lipinski definition) is 2. The molecular weight excluding hydrogens is 254 g/mol. The molecule has 0 saturated carbocycles. The number of hydrogen-bond acceptors (Lipinski definition) is 5. The summed E-state index contributed by atoms with van der Waals surface area (Å²) in [6.07, 6.45) is 2.36. The molecule has 20 heavy (non-hydrogen) atoms. The zero-order chi connectivity index (χ0) is 14.2. The standard InChI is InChI=1S/C14H17N5O/c15-9-13(16-10-12-5-2-1-3-6-12)14-11-19(18-17-14)7-4-8-20/h1-3,5-6,11,13,16,20H,4,7-8,10H2. The van der Waals surface area contributed by atoms with Gasteiger partial charge in [0.1, 0.15) is 11.7 Å². The van der Waals surface area contributed by atoms with E-state index in [0.29, 0.717) is 25.2 Å². The summed E-state index contributed by atoms with van der Waals surface area (Å²) in [7, 11) is 0. The van der Waals surface area contributed by atoms with Crippen molar-refractivity contribution in [2.24, 2.45) is 0 Å². The highest BCUT2D eigenvalue weighted by molar-refractivity contribution is 5.16. The third-order valence-corrected chi connectivity index (χ3v) is 2.88. The maximum Gasteiger partial charge on any atom is 0.142 e. The molecule has 0 saturated heterocycles. The first kappa shape index (κ1) is 14.2. The number of aryl methyl sites for hydroxylation is 1. The molecule has 0 spiro atoms. The molecule has 6 nitrogen and oxygen atoms in total. The molecule has 1 aromatic carbocycles.